The summed E-state index contributed by atoms with van der Waals surface area (Å²) in [5.74, 6) is -2.27. The molecule has 0 fully saturated rings. The number of pyridine rings is 2. The number of ether oxygens (including phenoxy) is 4. The molecule has 0 saturated carbocycles. The zero-order valence-corrected chi connectivity index (χ0v) is 31.5. The van der Waals surface area contributed by atoms with Crippen LogP contribution < -0.4 is 0 Å². The highest BCUT2D eigenvalue weighted by atomic mass is 16.5. The molecule has 10 nitrogen and oxygen atoms in total. The van der Waals surface area contributed by atoms with Crippen LogP contribution in [0.2, 0.25) is 0 Å². The lowest BCUT2D eigenvalue weighted by atomic mass is 10.0. The maximum Gasteiger partial charge on any atom is 0.356 e. The van der Waals surface area contributed by atoms with Gasteiger partial charge in [-0.3, -0.25) is 0 Å². The number of esters is 4. The molecule has 0 radical (unpaired) electrons. The highest BCUT2D eigenvalue weighted by Gasteiger charge is 2.20. The predicted molar refractivity (Wildman–Crippen MR) is 217 cm³/mol. The topological polar surface area (TPSA) is 131 Å². The summed E-state index contributed by atoms with van der Waals surface area (Å²) in [6.45, 7) is 7.66. The largest absolute Gasteiger partial charge is 0.462 e. The molecule has 0 N–H and O–H groups in total. The van der Waals surface area contributed by atoms with Gasteiger partial charge in [0.2, 0.25) is 0 Å². The van der Waals surface area contributed by atoms with Crippen LogP contribution in [0, 0.1) is 0 Å². The van der Waals surface area contributed by atoms with E-state index in [-0.39, 0.29) is 48.9 Å². The Morgan fingerprint density at radius 2 is 0.750 bits per heavy atom. The lowest BCUT2D eigenvalue weighted by Crippen LogP contribution is -2.12. The van der Waals surface area contributed by atoms with Gasteiger partial charge in [-0.05, 0) is 97.5 Å². The number of carbonyl (C=O) groups is 4. The van der Waals surface area contributed by atoms with Gasteiger partial charge in [0, 0.05) is 10.8 Å². The predicted octanol–water partition coefficient (Wildman–Crippen LogP) is 9.50. The van der Waals surface area contributed by atoms with Gasteiger partial charge in [0.05, 0.1) is 48.6 Å². The van der Waals surface area contributed by atoms with Crippen molar-refractivity contribution >= 4 is 70.0 Å². The normalized spacial score (nSPS) is 11.3. The Bertz CT molecular complexity index is 2310. The highest BCUT2D eigenvalue weighted by molar-refractivity contribution is 6.07. The van der Waals surface area contributed by atoms with Gasteiger partial charge in [0.1, 0.15) is 11.4 Å². The van der Waals surface area contributed by atoms with Crippen LogP contribution in [0.3, 0.4) is 0 Å². The number of fused-ring (bicyclic) bond motifs is 2. The molecule has 0 bridgehead atoms. The molecule has 0 aliphatic heterocycles. The van der Waals surface area contributed by atoms with E-state index in [1.165, 1.54) is 12.1 Å². The van der Waals surface area contributed by atoms with Crippen molar-refractivity contribution in [3.05, 3.63) is 142 Å². The second-order valence-electron chi connectivity index (χ2n) is 12.5. The van der Waals surface area contributed by atoms with E-state index in [1.54, 1.807) is 39.8 Å². The third-order valence-corrected chi connectivity index (χ3v) is 8.72. The van der Waals surface area contributed by atoms with E-state index >= 15 is 0 Å². The molecular weight excluding hydrogens is 709 g/mol. The lowest BCUT2D eigenvalue weighted by molar-refractivity contribution is 0.0503. The molecule has 6 aromatic rings. The van der Waals surface area contributed by atoms with E-state index in [9.17, 15) is 19.2 Å². The maximum atomic E-state index is 12.8. The van der Waals surface area contributed by atoms with E-state index in [2.05, 4.69) is 34.2 Å². The average Bonchev–Trinajstić information content (AvgIpc) is 3.22. The van der Waals surface area contributed by atoms with Crippen molar-refractivity contribution in [1.29, 1.82) is 0 Å². The van der Waals surface area contributed by atoms with E-state index in [4.69, 9.17) is 18.9 Å². The van der Waals surface area contributed by atoms with E-state index in [0.29, 0.717) is 21.8 Å². The van der Waals surface area contributed by atoms with Crippen molar-refractivity contribution in [3.63, 3.8) is 0 Å². The smallest absolute Gasteiger partial charge is 0.356 e. The van der Waals surface area contributed by atoms with E-state index in [0.717, 1.165) is 33.4 Å². The molecule has 0 aliphatic rings. The highest BCUT2D eigenvalue weighted by Crippen LogP contribution is 2.26. The Morgan fingerprint density at radius 1 is 0.429 bits per heavy atom. The van der Waals surface area contributed by atoms with Gasteiger partial charge in [-0.15, -0.1) is 0 Å². The van der Waals surface area contributed by atoms with Crippen molar-refractivity contribution < 1.29 is 38.1 Å². The van der Waals surface area contributed by atoms with Crippen LogP contribution in [0.1, 0.15) is 91.6 Å². The molecule has 0 unspecified atom stereocenters. The number of hydrogen-bond donors (Lipinski definition) is 0. The monoisotopic (exact) mass is 748 g/mol. The zero-order valence-electron chi connectivity index (χ0n) is 31.5. The van der Waals surface area contributed by atoms with Crippen molar-refractivity contribution in [2.24, 2.45) is 0 Å². The second kappa shape index (κ2) is 17.9. The van der Waals surface area contributed by atoms with Crippen LogP contribution in [0.5, 0.6) is 0 Å². The van der Waals surface area contributed by atoms with Crippen molar-refractivity contribution in [2.75, 3.05) is 26.4 Å². The Balaban J connectivity index is 1.16. The molecule has 0 amide bonds. The first-order valence-electron chi connectivity index (χ1n) is 18.4. The van der Waals surface area contributed by atoms with Crippen LogP contribution in [0.25, 0.3) is 57.2 Å². The van der Waals surface area contributed by atoms with Gasteiger partial charge in [-0.2, -0.15) is 0 Å². The first kappa shape index (κ1) is 38.8. The zero-order chi connectivity index (χ0) is 39.6. The fraction of sp³-hybridized carbons (Fsp3) is 0.174. The number of rotatable bonds is 13. The molecule has 2 aromatic heterocycles. The van der Waals surface area contributed by atoms with Crippen LogP contribution in [-0.4, -0.2) is 60.3 Å². The molecule has 0 atom stereocenters. The molecule has 10 heteroatoms. The summed E-state index contributed by atoms with van der Waals surface area (Å²) in [4.78, 5) is 59.2. The second-order valence-corrected chi connectivity index (χ2v) is 12.5. The summed E-state index contributed by atoms with van der Waals surface area (Å²) < 4.78 is 20.7. The Kier molecular flexibility index (Phi) is 12.4. The molecule has 0 saturated heterocycles. The Morgan fingerprint density at radius 3 is 1.11 bits per heavy atom. The molecule has 4 aromatic carbocycles. The van der Waals surface area contributed by atoms with Crippen molar-refractivity contribution in [2.45, 2.75) is 27.7 Å². The van der Waals surface area contributed by atoms with E-state index < -0.39 is 23.9 Å². The molecule has 56 heavy (non-hydrogen) atoms. The Hall–Kier alpha value is -6.94. The number of benzene rings is 4. The minimum Gasteiger partial charge on any atom is -0.462 e. The SMILES string of the molecule is CCOC(=O)c1cc(C(=O)OCC)c2cc(/C=C/c3ccc(-c4ccc(/C=C/c5ccc6nc(C(=O)OCC)cc(C(=O)OCC)c6c5)cc4)cc3)ccc2n1. The summed E-state index contributed by atoms with van der Waals surface area (Å²) in [5.41, 5.74) is 7.39. The summed E-state index contributed by atoms with van der Waals surface area (Å²) in [6, 6.07) is 30.2. The third kappa shape index (κ3) is 9.05. The quantitative estimate of drug-likeness (QED) is 0.0639. The van der Waals surface area contributed by atoms with Crippen LogP contribution in [-0.2, 0) is 18.9 Å². The van der Waals surface area contributed by atoms with Crippen LogP contribution in [0.15, 0.2) is 97.1 Å². The molecule has 0 spiro atoms. The first-order chi connectivity index (χ1) is 27.2. The molecule has 0 aliphatic carbocycles. The maximum absolute atomic E-state index is 12.8. The number of nitrogens with zero attached hydrogens (tertiary/aromatic N) is 2. The summed E-state index contributed by atoms with van der Waals surface area (Å²) in [6.07, 6.45) is 7.88. The van der Waals surface area contributed by atoms with Crippen LogP contribution in [0.4, 0.5) is 0 Å². The van der Waals surface area contributed by atoms with Gasteiger partial charge in [-0.25, -0.2) is 29.1 Å². The van der Waals surface area contributed by atoms with Gasteiger partial charge < -0.3 is 18.9 Å². The minimum absolute atomic E-state index is 0.0527. The first-order valence-corrected chi connectivity index (χ1v) is 18.4. The van der Waals surface area contributed by atoms with Crippen molar-refractivity contribution in [1.82, 2.24) is 9.97 Å². The molecule has 282 valence electrons. The fourth-order valence-electron chi connectivity index (χ4n) is 6.03. The fourth-order valence-corrected chi connectivity index (χ4v) is 6.03. The van der Waals surface area contributed by atoms with Crippen molar-refractivity contribution in [3.8, 4) is 11.1 Å². The molecular formula is C46H40N2O8. The lowest BCUT2D eigenvalue weighted by Gasteiger charge is -2.09. The standard InChI is InChI=1S/C46H40N2O8/c1-5-53-43(49)37-27-41(45(51)55-7-3)47-39-23-17-31(25-35(37)39)11-9-29-13-19-33(20-14-29)34-21-15-30(16-22-34)10-12-32-18-24-40-36(26-32)38(44(50)54-6-2)28-42(48-40)46(52)56-8-4/h9-28H,5-8H2,1-4H3/b11-9+,12-10+. The number of hydrogen-bond acceptors (Lipinski definition) is 10. The Labute approximate surface area is 324 Å². The summed E-state index contributed by atoms with van der Waals surface area (Å²) >= 11 is 0. The average molecular weight is 749 g/mol. The van der Waals surface area contributed by atoms with Gasteiger partial charge >= 0.3 is 23.9 Å². The number of carbonyl (C=O) groups excluding carboxylic acids is 4. The number of aromatic nitrogens is 2. The van der Waals surface area contributed by atoms with Gasteiger partial charge in [0.15, 0.2) is 0 Å². The van der Waals surface area contributed by atoms with Gasteiger partial charge in [0.25, 0.3) is 0 Å². The molecule has 6 rings (SSSR count). The third-order valence-electron chi connectivity index (χ3n) is 8.72. The minimum atomic E-state index is -0.599. The summed E-state index contributed by atoms with van der Waals surface area (Å²) in [5, 5.41) is 1.16. The van der Waals surface area contributed by atoms with Gasteiger partial charge in [-0.1, -0.05) is 85.0 Å². The van der Waals surface area contributed by atoms with Crippen LogP contribution >= 0.6 is 0 Å². The molecule has 2 heterocycles. The van der Waals surface area contributed by atoms with E-state index in [1.807, 2.05) is 72.8 Å². The summed E-state index contributed by atoms with van der Waals surface area (Å²) in [7, 11) is 0.